The molecular formula is C14H23FO2Si. The molecule has 0 unspecified atom stereocenters. The van der Waals surface area contributed by atoms with E-state index in [2.05, 4.69) is 19.6 Å². The topological polar surface area (TPSA) is 29.5 Å². The molecule has 0 atom stereocenters. The van der Waals surface area contributed by atoms with Crippen molar-refractivity contribution in [2.75, 3.05) is 6.61 Å². The van der Waals surface area contributed by atoms with Crippen molar-refractivity contribution in [1.29, 1.82) is 0 Å². The first-order valence-corrected chi connectivity index (χ1v) is 10.2. The Morgan fingerprint density at radius 2 is 1.89 bits per heavy atom. The minimum Gasteiger partial charge on any atom is -0.505 e. The summed E-state index contributed by atoms with van der Waals surface area (Å²) < 4.78 is 18.4. The van der Waals surface area contributed by atoms with Crippen LogP contribution >= 0.6 is 0 Å². The van der Waals surface area contributed by atoms with E-state index in [0.29, 0.717) is 12.4 Å². The Morgan fingerprint density at radius 1 is 1.17 bits per heavy atom. The maximum atomic E-state index is 13.0. The fourth-order valence-corrected chi connectivity index (χ4v) is 3.01. The van der Waals surface area contributed by atoms with Gasteiger partial charge in [0.25, 0.3) is 0 Å². The number of hydrogen-bond donors (Lipinski definition) is 1. The molecule has 0 amide bonds. The van der Waals surface area contributed by atoms with Gasteiger partial charge in [0.2, 0.25) is 0 Å². The Balaban J connectivity index is 2.16. The number of rotatable bonds is 7. The van der Waals surface area contributed by atoms with Gasteiger partial charge in [0.1, 0.15) is 5.75 Å². The minimum absolute atomic E-state index is 0.336. The quantitative estimate of drug-likeness (QED) is 0.587. The molecule has 1 rings (SSSR count). The molecule has 0 spiro atoms. The zero-order valence-corrected chi connectivity index (χ0v) is 12.5. The van der Waals surface area contributed by atoms with Gasteiger partial charge in [-0.05, 0) is 18.6 Å². The normalized spacial score (nSPS) is 11.6. The molecule has 0 aromatic heterocycles. The second-order valence-corrected chi connectivity index (χ2v) is 11.5. The summed E-state index contributed by atoms with van der Waals surface area (Å²) in [6.07, 6.45) is 3.40. The van der Waals surface area contributed by atoms with Gasteiger partial charge in [0, 0.05) is 14.1 Å². The average Bonchev–Trinajstić information content (AvgIpc) is 2.26. The molecule has 1 aromatic rings. The Kier molecular flexibility index (Phi) is 5.66. The van der Waals surface area contributed by atoms with E-state index in [1.54, 1.807) is 6.07 Å². The summed E-state index contributed by atoms with van der Waals surface area (Å²) >= 11 is 0. The zero-order chi connectivity index (χ0) is 13.6. The van der Waals surface area contributed by atoms with Gasteiger partial charge in [-0.25, -0.2) is 4.39 Å². The van der Waals surface area contributed by atoms with Gasteiger partial charge in [0.05, 0.1) is 6.61 Å². The summed E-state index contributed by atoms with van der Waals surface area (Å²) in [4.78, 5) is 0. The lowest BCUT2D eigenvalue weighted by Crippen LogP contribution is -2.18. The van der Waals surface area contributed by atoms with E-state index in [1.165, 1.54) is 24.6 Å². The van der Waals surface area contributed by atoms with E-state index < -0.39 is 13.9 Å². The van der Waals surface area contributed by atoms with Crippen molar-refractivity contribution in [3.8, 4) is 11.5 Å². The lowest BCUT2D eigenvalue weighted by molar-refractivity contribution is 0.303. The first-order valence-electron chi connectivity index (χ1n) is 6.50. The first-order chi connectivity index (χ1) is 8.38. The van der Waals surface area contributed by atoms with E-state index in [-0.39, 0.29) is 5.75 Å². The Hall–Kier alpha value is -1.03. The SMILES string of the molecule is C[Si](C)(C)CCCCCOc1ccc(O)c(F)c1. The van der Waals surface area contributed by atoms with E-state index in [1.807, 2.05) is 0 Å². The fourth-order valence-electron chi connectivity index (χ4n) is 1.70. The molecule has 0 saturated carbocycles. The van der Waals surface area contributed by atoms with Crippen LogP contribution in [-0.4, -0.2) is 19.8 Å². The second-order valence-electron chi connectivity index (χ2n) is 5.83. The number of phenols is 1. The predicted octanol–water partition coefficient (Wildman–Crippen LogP) is 4.42. The summed E-state index contributed by atoms with van der Waals surface area (Å²) in [5, 5.41) is 9.03. The largest absolute Gasteiger partial charge is 0.505 e. The van der Waals surface area contributed by atoms with Crippen molar-refractivity contribution in [3.05, 3.63) is 24.0 Å². The van der Waals surface area contributed by atoms with Crippen molar-refractivity contribution >= 4 is 8.07 Å². The van der Waals surface area contributed by atoms with Crippen LogP contribution in [0.5, 0.6) is 11.5 Å². The standard InChI is InChI=1S/C14H23FO2Si/c1-18(2,3)10-6-4-5-9-17-12-7-8-14(16)13(15)11-12/h7-8,11,16H,4-6,9-10H2,1-3H3. The van der Waals surface area contributed by atoms with Gasteiger partial charge < -0.3 is 9.84 Å². The van der Waals surface area contributed by atoms with E-state index >= 15 is 0 Å². The maximum Gasteiger partial charge on any atom is 0.168 e. The van der Waals surface area contributed by atoms with E-state index in [0.717, 1.165) is 12.8 Å². The van der Waals surface area contributed by atoms with Gasteiger partial charge in [-0.3, -0.25) is 0 Å². The lowest BCUT2D eigenvalue weighted by atomic mass is 10.2. The predicted molar refractivity (Wildman–Crippen MR) is 75.6 cm³/mol. The molecule has 0 aliphatic heterocycles. The molecular weight excluding hydrogens is 247 g/mol. The number of phenolic OH excluding ortho intramolecular Hbond substituents is 1. The van der Waals surface area contributed by atoms with Crippen LogP contribution in [0.2, 0.25) is 25.7 Å². The number of unbranched alkanes of at least 4 members (excludes halogenated alkanes) is 2. The van der Waals surface area contributed by atoms with Crippen molar-refractivity contribution in [1.82, 2.24) is 0 Å². The zero-order valence-electron chi connectivity index (χ0n) is 11.5. The molecule has 0 fully saturated rings. The maximum absolute atomic E-state index is 13.0. The summed E-state index contributed by atoms with van der Waals surface area (Å²) in [5.41, 5.74) is 0. The van der Waals surface area contributed by atoms with Crippen LogP contribution < -0.4 is 4.74 Å². The molecule has 0 aliphatic rings. The van der Waals surface area contributed by atoms with Crippen LogP contribution in [0.4, 0.5) is 4.39 Å². The Morgan fingerprint density at radius 3 is 2.50 bits per heavy atom. The third kappa shape index (κ3) is 6.05. The highest BCUT2D eigenvalue weighted by molar-refractivity contribution is 6.76. The number of ether oxygens (including phenoxy) is 1. The number of halogens is 1. The van der Waals surface area contributed by atoms with Crippen LogP contribution in [0.3, 0.4) is 0 Å². The van der Waals surface area contributed by atoms with Crippen LogP contribution in [-0.2, 0) is 0 Å². The lowest BCUT2D eigenvalue weighted by Gasteiger charge is -2.15. The highest BCUT2D eigenvalue weighted by atomic mass is 28.3. The molecule has 1 aromatic carbocycles. The molecule has 18 heavy (non-hydrogen) atoms. The van der Waals surface area contributed by atoms with Crippen molar-refractivity contribution in [2.24, 2.45) is 0 Å². The molecule has 0 aliphatic carbocycles. The average molecular weight is 270 g/mol. The monoisotopic (exact) mass is 270 g/mol. The number of aromatic hydroxyl groups is 1. The second kappa shape index (κ2) is 6.78. The van der Waals surface area contributed by atoms with Crippen LogP contribution in [0.25, 0.3) is 0 Å². The molecule has 0 bridgehead atoms. The van der Waals surface area contributed by atoms with E-state index in [4.69, 9.17) is 9.84 Å². The summed E-state index contributed by atoms with van der Waals surface area (Å²) in [5.74, 6) is -0.487. The third-order valence-electron chi connectivity index (χ3n) is 2.76. The minimum atomic E-state index is -0.913. The molecule has 0 heterocycles. The molecule has 2 nitrogen and oxygen atoms in total. The molecule has 102 valence electrons. The van der Waals surface area contributed by atoms with Gasteiger partial charge in [-0.1, -0.05) is 38.5 Å². The van der Waals surface area contributed by atoms with Crippen molar-refractivity contribution < 1.29 is 14.2 Å². The first kappa shape index (κ1) is 15.0. The van der Waals surface area contributed by atoms with Gasteiger partial charge in [-0.2, -0.15) is 0 Å². The van der Waals surface area contributed by atoms with Crippen molar-refractivity contribution in [2.45, 2.75) is 44.9 Å². The summed E-state index contributed by atoms with van der Waals surface area (Å²) in [7, 11) is -0.913. The van der Waals surface area contributed by atoms with Gasteiger partial charge in [-0.15, -0.1) is 0 Å². The molecule has 0 radical (unpaired) electrons. The Bertz CT molecular complexity index is 375. The van der Waals surface area contributed by atoms with Crippen LogP contribution in [0, 0.1) is 5.82 Å². The van der Waals surface area contributed by atoms with E-state index in [9.17, 15) is 4.39 Å². The Labute approximate surface area is 110 Å². The van der Waals surface area contributed by atoms with Crippen molar-refractivity contribution in [3.63, 3.8) is 0 Å². The number of hydrogen-bond acceptors (Lipinski definition) is 2. The highest BCUT2D eigenvalue weighted by Crippen LogP contribution is 2.21. The van der Waals surface area contributed by atoms with Crippen LogP contribution in [0.1, 0.15) is 19.3 Å². The summed E-state index contributed by atoms with van der Waals surface area (Å²) in [6, 6.07) is 5.47. The van der Waals surface area contributed by atoms with Gasteiger partial charge in [0.15, 0.2) is 11.6 Å². The van der Waals surface area contributed by atoms with Gasteiger partial charge >= 0.3 is 0 Å². The molecule has 0 saturated heterocycles. The fraction of sp³-hybridized carbons (Fsp3) is 0.571. The smallest absolute Gasteiger partial charge is 0.168 e. The van der Waals surface area contributed by atoms with Crippen LogP contribution in [0.15, 0.2) is 18.2 Å². The summed E-state index contributed by atoms with van der Waals surface area (Å²) in [6.45, 7) is 7.74. The highest BCUT2D eigenvalue weighted by Gasteiger charge is 2.11. The number of benzene rings is 1. The third-order valence-corrected chi connectivity index (χ3v) is 4.61. The molecule has 1 N–H and O–H groups in total. The molecule has 4 heteroatoms.